The summed E-state index contributed by atoms with van der Waals surface area (Å²) >= 11 is 0. The maximum absolute atomic E-state index is 11.2. The van der Waals surface area contributed by atoms with Gasteiger partial charge >= 0.3 is 5.97 Å². The highest BCUT2D eigenvalue weighted by atomic mass is 16.5. The average Bonchev–Trinajstić information content (AvgIpc) is 2.12. The van der Waals surface area contributed by atoms with Crippen LogP contribution in [-0.4, -0.2) is 41.6 Å². The molecule has 0 aromatic rings. The maximum Gasteiger partial charge on any atom is 0.326 e. The molecule has 0 fully saturated rings. The molecule has 0 heterocycles. The molecule has 4 N–H and O–H groups in total. The van der Waals surface area contributed by atoms with E-state index in [9.17, 15) is 14.4 Å². The Morgan fingerprint density at radius 2 is 1.94 bits per heavy atom. The Labute approximate surface area is 92.9 Å². The lowest BCUT2D eigenvalue weighted by molar-refractivity contribution is -0.144. The van der Waals surface area contributed by atoms with Gasteiger partial charge in [0.15, 0.2) is 0 Å². The summed E-state index contributed by atoms with van der Waals surface area (Å²) in [6.07, 6.45) is -0.576. The summed E-state index contributed by atoms with van der Waals surface area (Å²) < 4.78 is 4.97. The zero-order chi connectivity index (χ0) is 12.7. The fourth-order valence-electron chi connectivity index (χ4n) is 0.880. The molecule has 1 atom stereocenters. The Bertz CT molecular complexity index is 277. The second-order valence-electron chi connectivity index (χ2n) is 3.49. The minimum absolute atomic E-state index is 0.134. The second kappa shape index (κ2) is 6.78. The van der Waals surface area contributed by atoms with Crippen molar-refractivity contribution in [1.82, 2.24) is 5.32 Å². The molecular formula is C9H16N2O5. The van der Waals surface area contributed by atoms with Gasteiger partial charge in [-0.3, -0.25) is 9.59 Å². The predicted octanol–water partition coefficient (Wildman–Crippen LogP) is -1.14. The van der Waals surface area contributed by atoms with Gasteiger partial charge in [-0.25, -0.2) is 4.79 Å². The number of amides is 2. The van der Waals surface area contributed by atoms with Crippen LogP contribution >= 0.6 is 0 Å². The summed E-state index contributed by atoms with van der Waals surface area (Å²) in [6.45, 7) is 3.23. The van der Waals surface area contributed by atoms with Crippen molar-refractivity contribution in [2.45, 2.75) is 32.4 Å². The smallest absolute Gasteiger partial charge is 0.326 e. The second-order valence-corrected chi connectivity index (χ2v) is 3.49. The van der Waals surface area contributed by atoms with E-state index in [2.05, 4.69) is 5.32 Å². The first kappa shape index (κ1) is 14.4. The van der Waals surface area contributed by atoms with E-state index in [1.165, 1.54) is 0 Å². The van der Waals surface area contributed by atoms with E-state index < -0.39 is 30.2 Å². The number of hydrogen-bond donors (Lipinski definition) is 3. The number of nitrogens with one attached hydrogen (secondary N) is 1. The van der Waals surface area contributed by atoms with Crippen LogP contribution in [0.1, 0.15) is 20.3 Å². The average molecular weight is 232 g/mol. The molecule has 0 saturated heterocycles. The molecule has 2 amide bonds. The van der Waals surface area contributed by atoms with Gasteiger partial charge in [0.25, 0.3) is 0 Å². The van der Waals surface area contributed by atoms with Gasteiger partial charge in [0, 0.05) is 0 Å². The van der Waals surface area contributed by atoms with Gasteiger partial charge in [0.2, 0.25) is 11.8 Å². The first-order chi connectivity index (χ1) is 7.32. The van der Waals surface area contributed by atoms with E-state index >= 15 is 0 Å². The first-order valence-corrected chi connectivity index (χ1v) is 4.75. The lowest BCUT2D eigenvalue weighted by atomic mass is 10.2. The van der Waals surface area contributed by atoms with Gasteiger partial charge in [-0.15, -0.1) is 0 Å². The Hall–Kier alpha value is -1.63. The zero-order valence-corrected chi connectivity index (χ0v) is 9.23. The molecule has 0 aromatic heterocycles. The van der Waals surface area contributed by atoms with Crippen molar-refractivity contribution in [1.29, 1.82) is 0 Å². The number of hydrogen-bond acceptors (Lipinski definition) is 4. The predicted molar refractivity (Wildman–Crippen MR) is 54.5 cm³/mol. The molecule has 0 aliphatic carbocycles. The van der Waals surface area contributed by atoms with Gasteiger partial charge in [-0.2, -0.15) is 0 Å². The number of primary amides is 1. The van der Waals surface area contributed by atoms with E-state index in [0.717, 1.165) is 0 Å². The van der Waals surface area contributed by atoms with Crippen LogP contribution < -0.4 is 11.1 Å². The van der Waals surface area contributed by atoms with Gasteiger partial charge in [0.05, 0.1) is 12.5 Å². The molecule has 0 radical (unpaired) electrons. The number of carboxylic acid groups (broad SMARTS) is 1. The van der Waals surface area contributed by atoms with E-state index in [1.54, 1.807) is 13.8 Å². The summed E-state index contributed by atoms with van der Waals surface area (Å²) in [7, 11) is 0. The number of ether oxygens (including phenoxy) is 1. The third-order valence-electron chi connectivity index (χ3n) is 1.59. The maximum atomic E-state index is 11.2. The topological polar surface area (TPSA) is 119 Å². The van der Waals surface area contributed by atoms with Crippen molar-refractivity contribution in [3.05, 3.63) is 0 Å². The lowest BCUT2D eigenvalue weighted by Gasteiger charge is -2.13. The largest absolute Gasteiger partial charge is 0.480 e. The first-order valence-electron chi connectivity index (χ1n) is 4.75. The molecular weight excluding hydrogens is 216 g/mol. The zero-order valence-electron chi connectivity index (χ0n) is 9.23. The third-order valence-corrected chi connectivity index (χ3v) is 1.59. The number of carbonyl (C=O) groups excluding carboxylic acids is 2. The molecule has 0 spiro atoms. The quantitative estimate of drug-likeness (QED) is 0.512. The Morgan fingerprint density at radius 1 is 1.38 bits per heavy atom. The van der Waals surface area contributed by atoms with Crippen LogP contribution in [0.2, 0.25) is 0 Å². The summed E-state index contributed by atoms with van der Waals surface area (Å²) in [5.41, 5.74) is 4.84. The van der Waals surface area contributed by atoms with E-state index in [4.69, 9.17) is 15.6 Å². The summed E-state index contributed by atoms with van der Waals surface area (Å²) in [4.78, 5) is 32.4. The van der Waals surface area contributed by atoms with Gasteiger partial charge in [-0.1, -0.05) is 0 Å². The Kier molecular flexibility index (Phi) is 6.09. The standard InChI is InChI=1S/C9H16N2O5/c1-5(2)16-4-8(13)11-6(9(14)15)3-7(10)12/h5-6H,3-4H2,1-2H3,(H2,10,12)(H,11,13)(H,14,15)/t6-/m0/s1. The van der Waals surface area contributed by atoms with Gasteiger partial charge in [-0.05, 0) is 13.8 Å². The highest BCUT2D eigenvalue weighted by Gasteiger charge is 2.21. The molecule has 0 saturated carbocycles. The molecule has 0 aliphatic rings. The Morgan fingerprint density at radius 3 is 2.31 bits per heavy atom. The van der Waals surface area contributed by atoms with Crippen LogP contribution in [-0.2, 0) is 19.1 Å². The summed E-state index contributed by atoms with van der Waals surface area (Å²) in [6, 6.07) is -1.30. The van der Waals surface area contributed by atoms with Crippen LogP contribution in [0.15, 0.2) is 0 Å². The van der Waals surface area contributed by atoms with Gasteiger partial charge < -0.3 is 20.9 Å². The molecule has 0 rings (SSSR count). The molecule has 7 nitrogen and oxygen atoms in total. The molecule has 0 aliphatic heterocycles. The number of carboxylic acids is 1. The van der Waals surface area contributed by atoms with Crippen LogP contribution in [0, 0.1) is 0 Å². The van der Waals surface area contributed by atoms with Crippen LogP contribution in [0.4, 0.5) is 0 Å². The third kappa shape index (κ3) is 6.77. The normalized spacial score (nSPS) is 12.2. The fourth-order valence-corrected chi connectivity index (χ4v) is 0.880. The number of carbonyl (C=O) groups is 3. The van der Waals surface area contributed by atoms with E-state index in [1.807, 2.05) is 0 Å². The number of aliphatic carboxylic acids is 1. The highest BCUT2D eigenvalue weighted by Crippen LogP contribution is 1.93. The molecule has 7 heteroatoms. The van der Waals surface area contributed by atoms with Crippen molar-refractivity contribution in [3.8, 4) is 0 Å². The Balaban J connectivity index is 4.13. The van der Waals surface area contributed by atoms with Crippen LogP contribution in [0.25, 0.3) is 0 Å². The summed E-state index contributed by atoms with van der Waals surface area (Å²) in [5, 5.41) is 10.8. The van der Waals surface area contributed by atoms with E-state index in [-0.39, 0.29) is 12.7 Å². The van der Waals surface area contributed by atoms with Crippen LogP contribution in [0.3, 0.4) is 0 Å². The minimum atomic E-state index is -1.31. The van der Waals surface area contributed by atoms with E-state index in [0.29, 0.717) is 0 Å². The van der Waals surface area contributed by atoms with Crippen LogP contribution in [0.5, 0.6) is 0 Å². The molecule has 16 heavy (non-hydrogen) atoms. The van der Waals surface area contributed by atoms with Crippen molar-refractivity contribution in [2.75, 3.05) is 6.61 Å². The van der Waals surface area contributed by atoms with Crippen molar-refractivity contribution < 1.29 is 24.2 Å². The molecule has 0 bridgehead atoms. The van der Waals surface area contributed by atoms with Gasteiger partial charge in [0.1, 0.15) is 12.6 Å². The van der Waals surface area contributed by atoms with Crippen molar-refractivity contribution >= 4 is 17.8 Å². The molecule has 92 valence electrons. The SMILES string of the molecule is CC(C)OCC(=O)N[C@@H](CC(N)=O)C(=O)O. The number of rotatable bonds is 7. The van der Waals surface area contributed by atoms with Crippen molar-refractivity contribution in [2.24, 2.45) is 5.73 Å². The lowest BCUT2D eigenvalue weighted by Crippen LogP contribution is -2.44. The number of nitrogens with two attached hydrogens (primary N) is 1. The molecule has 0 unspecified atom stereocenters. The highest BCUT2D eigenvalue weighted by molar-refractivity contribution is 5.88. The monoisotopic (exact) mass is 232 g/mol. The molecule has 0 aromatic carbocycles. The fraction of sp³-hybridized carbons (Fsp3) is 0.667. The minimum Gasteiger partial charge on any atom is -0.480 e. The van der Waals surface area contributed by atoms with Crippen molar-refractivity contribution in [3.63, 3.8) is 0 Å². The summed E-state index contributed by atoms with van der Waals surface area (Å²) in [5.74, 6) is -2.70.